The van der Waals surface area contributed by atoms with Gasteiger partial charge in [0.05, 0.1) is 12.8 Å². The van der Waals surface area contributed by atoms with E-state index < -0.39 is 6.03 Å². The maximum atomic E-state index is 11.8. The van der Waals surface area contributed by atoms with Crippen LogP contribution in [-0.4, -0.2) is 18.2 Å². The lowest BCUT2D eigenvalue weighted by atomic mass is 10.2. The Bertz CT molecular complexity index is 702. The van der Waals surface area contributed by atoms with Gasteiger partial charge in [-0.15, -0.1) is 0 Å². The van der Waals surface area contributed by atoms with E-state index in [0.29, 0.717) is 10.8 Å². The van der Waals surface area contributed by atoms with Crippen molar-refractivity contribution in [2.24, 2.45) is 0 Å². The second kappa shape index (κ2) is 7.38. The Kier molecular flexibility index (Phi) is 5.27. The zero-order chi connectivity index (χ0) is 15.9. The average molecular weight is 319 g/mol. The highest BCUT2D eigenvalue weighted by Crippen LogP contribution is 2.26. The number of anilines is 1. The van der Waals surface area contributed by atoms with Gasteiger partial charge in [0, 0.05) is 16.8 Å². The van der Waals surface area contributed by atoms with E-state index in [-0.39, 0.29) is 11.4 Å². The van der Waals surface area contributed by atoms with Crippen LogP contribution in [0.1, 0.15) is 5.56 Å². The minimum absolute atomic E-state index is 0.0618. The molecule has 6 heteroatoms. The van der Waals surface area contributed by atoms with Crippen LogP contribution in [0, 0.1) is 0 Å². The predicted molar refractivity (Wildman–Crippen MR) is 87.3 cm³/mol. The molecule has 2 aromatic rings. The molecule has 0 spiro atoms. The fourth-order valence-corrected chi connectivity index (χ4v) is 1.95. The van der Waals surface area contributed by atoms with Crippen molar-refractivity contribution < 1.29 is 14.6 Å². The van der Waals surface area contributed by atoms with Crippen molar-refractivity contribution in [2.75, 3.05) is 12.4 Å². The third-order valence-corrected chi connectivity index (χ3v) is 3.06. The van der Waals surface area contributed by atoms with Gasteiger partial charge in [-0.3, -0.25) is 0 Å². The van der Waals surface area contributed by atoms with E-state index in [1.54, 1.807) is 13.2 Å². The smallest absolute Gasteiger partial charge is 0.323 e. The van der Waals surface area contributed by atoms with Gasteiger partial charge in [0.25, 0.3) is 0 Å². The minimum Gasteiger partial charge on any atom is -0.506 e. The van der Waals surface area contributed by atoms with Gasteiger partial charge in [-0.25, -0.2) is 4.79 Å². The number of urea groups is 1. The van der Waals surface area contributed by atoms with Gasteiger partial charge in [0.2, 0.25) is 0 Å². The Labute approximate surface area is 133 Å². The van der Waals surface area contributed by atoms with Crippen LogP contribution in [0.4, 0.5) is 10.5 Å². The van der Waals surface area contributed by atoms with Crippen molar-refractivity contribution in [3.05, 3.63) is 59.3 Å². The number of para-hydroxylation sites is 1. The van der Waals surface area contributed by atoms with Crippen molar-refractivity contribution in [3.63, 3.8) is 0 Å². The summed E-state index contributed by atoms with van der Waals surface area (Å²) >= 11 is 5.81. The van der Waals surface area contributed by atoms with Gasteiger partial charge < -0.3 is 20.5 Å². The van der Waals surface area contributed by atoms with E-state index in [2.05, 4.69) is 10.6 Å². The second-order valence-corrected chi connectivity index (χ2v) is 4.77. The highest BCUT2D eigenvalue weighted by molar-refractivity contribution is 6.31. The number of hydrogen-bond donors (Lipinski definition) is 3. The molecule has 2 rings (SSSR count). The molecule has 2 amide bonds. The van der Waals surface area contributed by atoms with E-state index in [4.69, 9.17) is 16.3 Å². The number of methoxy groups -OCH3 is 1. The highest BCUT2D eigenvalue weighted by atomic mass is 35.5. The largest absolute Gasteiger partial charge is 0.506 e. The Morgan fingerprint density at radius 3 is 2.82 bits per heavy atom. The molecule has 0 aromatic heterocycles. The Morgan fingerprint density at radius 1 is 1.27 bits per heavy atom. The van der Waals surface area contributed by atoms with Gasteiger partial charge >= 0.3 is 6.03 Å². The summed E-state index contributed by atoms with van der Waals surface area (Å²) in [4.78, 5) is 11.8. The predicted octanol–water partition coefficient (Wildman–Crippen LogP) is 3.85. The number of ether oxygens (including phenoxy) is 1. The Morgan fingerprint density at radius 2 is 2.05 bits per heavy atom. The fourth-order valence-electron chi connectivity index (χ4n) is 1.78. The summed E-state index contributed by atoms with van der Waals surface area (Å²) < 4.78 is 5.20. The fraction of sp³-hybridized carbons (Fsp3) is 0.0625. The van der Waals surface area contributed by atoms with Crippen LogP contribution in [0.15, 0.2) is 48.7 Å². The summed E-state index contributed by atoms with van der Waals surface area (Å²) in [5.41, 5.74) is 1.06. The molecule has 0 fully saturated rings. The molecule has 22 heavy (non-hydrogen) atoms. The molecule has 0 aliphatic carbocycles. The summed E-state index contributed by atoms with van der Waals surface area (Å²) in [5.74, 6) is 0.640. The molecule has 0 bridgehead atoms. The molecule has 0 unspecified atom stereocenters. The topological polar surface area (TPSA) is 70.6 Å². The van der Waals surface area contributed by atoms with Crippen molar-refractivity contribution in [1.29, 1.82) is 0 Å². The van der Waals surface area contributed by atoms with E-state index in [9.17, 15) is 9.90 Å². The van der Waals surface area contributed by atoms with E-state index in [1.807, 2.05) is 24.3 Å². The maximum absolute atomic E-state index is 11.8. The molecule has 0 saturated carbocycles. The Hall–Kier alpha value is -2.66. The summed E-state index contributed by atoms with van der Waals surface area (Å²) in [6.45, 7) is 0. The number of phenolic OH excluding ortho intramolecular Hbond substituents is 1. The quantitative estimate of drug-likeness (QED) is 0.750. The lowest BCUT2D eigenvalue weighted by Crippen LogP contribution is -2.23. The molecular formula is C16H15ClN2O3. The van der Waals surface area contributed by atoms with Crippen LogP contribution >= 0.6 is 11.6 Å². The highest BCUT2D eigenvalue weighted by Gasteiger charge is 2.05. The van der Waals surface area contributed by atoms with Gasteiger partial charge in [0.15, 0.2) is 0 Å². The van der Waals surface area contributed by atoms with Crippen LogP contribution in [0.25, 0.3) is 6.08 Å². The molecule has 0 saturated heterocycles. The first-order valence-corrected chi connectivity index (χ1v) is 6.83. The maximum Gasteiger partial charge on any atom is 0.323 e. The molecule has 0 atom stereocenters. The third kappa shape index (κ3) is 4.17. The zero-order valence-electron chi connectivity index (χ0n) is 11.8. The molecule has 0 heterocycles. The standard InChI is InChI=1S/C16H15ClN2O3/c1-22-15-5-3-2-4-11(15)8-9-18-16(21)19-13-10-12(17)6-7-14(13)20/h2-10,20H,1H3,(H2,18,19,21)/b9-8+. The van der Waals surface area contributed by atoms with Crippen LogP contribution in [0.2, 0.25) is 5.02 Å². The first kappa shape index (κ1) is 15.7. The summed E-state index contributed by atoms with van der Waals surface area (Å²) in [5, 5.41) is 15.1. The number of hydrogen-bond acceptors (Lipinski definition) is 3. The van der Waals surface area contributed by atoms with Crippen molar-refractivity contribution in [1.82, 2.24) is 5.32 Å². The SMILES string of the molecule is COc1ccccc1/C=C/NC(=O)Nc1cc(Cl)ccc1O. The first-order valence-electron chi connectivity index (χ1n) is 6.46. The lowest BCUT2D eigenvalue weighted by Gasteiger charge is -2.07. The number of carbonyl (C=O) groups excluding carboxylic acids is 1. The normalized spacial score (nSPS) is 10.5. The number of rotatable bonds is 4. The summed E-state index contributed by atoms with van der Waals surface area (Å²) in [7, 11) is 1.58. The molecule has 0 aliphatic rings. The molecule has 0 aliphatic heterocycles. The number of phenols is 1. The minimum atomic E-state index is -0.497. The molecule has 2 aromatic carbocycles. The number of nitrogens with one attached hydrogen (secondary N) is 2. The van der Waals surface area contributed by atoms with Crippen LogP contribution in [0.5, 0.6) is 11.5 Å². The van der Waals surface area contributed by atoms with E-state index in [0.717, 1.165) is 5.56 Å². The van der Waals surface area contributed by atoms with Crippen molar-refractivity contribution in [2.45, 2.75) is 0 Å². The lowest BCUT2D eigenvalue weighted by molar-refractivity contribution is 0.255. The molecule has 3 N–H and O–H groups in total. The van der Waals surface area contributed by atoms with Crippen LogP contribution in [-0.2, 0) is 0 Å². The number of halogens is 1. The number of carbonyl (C=O) groups is 1. The Balaban J connectivity index is 1.98. The molecule has 0 radical (unpaired) electrons. The molecular weight excluding hydrogens is 304 g/mol. The van der Waals surface area contributed by atoms with Crippen molar-refractivity contribution in [3.8, 4) is 11.5 Å². The third-order valence-electron chi connectivity index (χ3n) is 2.82. The van der Waals surface area contributed by atoms with E-state index >= 15 is 0 Å². The van der Waals surface area contributed by atoms with Gasteiger partial charge in [0.1, 0.15) is 11.5 Å². The number of benzene rings is 2. The zero-order valence-corrected chi connectivity index (χ0v) is 12.6. The monoisotopic (exact) mass is 318 g/mol. The van der Waals surface area contributed by atoms with Gasteiger partial charge in [-0.05, 0) is 30.3 Å². The van der Waals surface area contributed by atoms with Crippen LogP contribution in [0.3, 0.4) is 0 Å². The average Bonchev–Trinajstić information content (AvgIpc) is 2.51. The molecule has 114 valence electrons. The number of amides is 2. The summed E-state index contributed by atoms with van der Waals surface area (Å²) in [6.07, 6.45) is 3.19. The molecule has 5 nitrogen and oxygen atoms in total. The van der Waals surface area contributed by atoms with Crippen LogP contribution < -0.4 is 15.4 Å². The van der Waals surface area contributed by atoms with Gasteiger partial charge in [-0.1, -0.05) is 29.8 Å². The van der Waals surface area contributed by atoms with Gasteiger partial charge in [-0.2, -0.15) is 0 Å². The second-order valence-electron chi connectivity index (χ2n) is 4.34. The summed E-state index contributed by atoms with van der Waals surface area (Å²) in [6, 6.07) is 11.3. The van der Waals surface area contributed by atoms with Crippen molar-refractivity contribution >= 4 is 29.4 Å². The number of aromatic hydroxyl groups is 1. The first-order chi connectivity index (χ1) is 10.6. The van der Waals surface area contributed by atoms with E-state index in [1.165, 1.54) is 24.4 Å².